The number of carbonyl (C=O) groups excluding carboxylic acids is 2. The number of hydrogen-bond acceptors (Lipinski definition) is 4. The maximum Gasteiger partial charge on any atom is 0.326 e. The van der Waals surface area contributed by atoms with Crippen molar-refractivity contribution < 1.29 is 33.0 Å². The number of aliphatic carboxylic acids is 1. The molecule has 0 aliphatic heterocycles. The van der Waals surface area contributed by atoms with Crippen LogP contribution in [-0.2, 0) is 32.1 Å². The van der Waals surface area contributed by atoms with Crippen molar-refractivity contribution in [2.45, 2.75) is 25.5 Å². The second kappa shape index (κ2) is 9.42. The second-order valence-electron chi connectivity index (χ2n) is 5.73. The number of halogens is 2. The summed E-state index contributed by atoms with van der Waals surface area (Å²) < 4.78 is 31.0. The molecule has 2 aromatic carbocycles. The molecule has 2 rings (SSSR count). The van der Waals surface area contributed by atoms with Crippen molar-refractivity contribution in [3.8, 4) is 0 Å². The van der Waals surface area contributed by atoms with E-state index in [0.29, 0.717) is 0 Å². The van der Waals surface area contributed by atoms with E-state index in [4.69, 9.17) is 4.74 Å². The maximum atomic E-state index is 13.2. The lowest BCUT2D eigenvalue weighted by Crippen LogP contribution is -2.43. The number of carbonyl (C=O) groups is 3. The number of nitrogens with one attached hydrogen (secondary N) is 1. The lowest BCUT2D eigenvalue weighted by atomic mass is 10.1. The zero-order chi connectivity index (χ0) is 19.8. The fraction of sp³-hybridized carbons (Fsp3) is 0.211. The summed E-state index contributed by atoms with van der Waals surface area (Å²) in [7, 11) is 0. The predicted octanol–water partition coefficient (Wildman–Crippen LogP) is 2.21. The molecule has 0 saturated carbocycles. The second-order valence-corrected chi connectivity index (χ2v) is 5.73. The SMILES string of the molecule is O=C(Cc1ccc(F)c(F)c1)N[C@H](CC(=O)OCc1ccccc1)C(=O)O. The molecule has 0 bridgehead atoms. The maximum absolute atomic E-state index is 13.2. The Morgan fingerprint density at radius 1 is 1.00 bits per heavy atom. The Balaban J connectivity index is 1.88. The van der Waals surface area contributed by atoms with Crippen LogP contribution in [0.2, 0.25) is 0 Å². The summed E-state index contributed by atoms with van der Waals surface area (Å²) >= 11 is 0. The van der Waals surface area contributed by atoms with E-state index in [2.05, 4.69) is 5.32 Å². The predicted molar refractivity (Wildman–Crippen MR) is 90.5 cm³/mol. The Morgan fingerprint density at radius 3 is 2.33 bits per heavy atom. The summed E-state index contributed by atoms with van der Waals surface area (Å²) in [5.74, 6) is -5.11. The first kappa shape index (κ1) is 20.0. The summed E-state index contributed by atoms with van der Waals surface area (Å²) in [4.78, 5) is 35.0. The molecule has 0 saturated heterocycles. The molecule has 0 aliphatic rings. The summed E-state index contributed by atoms with van der Waals surface area (Å²) in [6.07, 6.45) is -0.925. The van der Waals surface area contributed by atoms with Crippen LogP contribution in [0.1, 0.15) is 17.5 Å². The fourth-order valence-electron chi connectivity index (χ4n) is 2.24. The molecule has 1 atom stereocenters. The van der Waals surface area contributed by atoms with Gasteiger partial charge in [0.2, 0.25) is 5.91 Å². The van der Waals surface area contributed by atoms with Crippen molar-refractivity contribution in [2.75, 3.05) is 0 Å². The molecule has 0 fully saturated rings. The van der Waals surface area contributed by atoms with Gasteiger partial charge in [0.05, 0.1) is 12.8 Å². The monoisotopic (exact) mass is 377 g/mol. The highest BCUT2D eigenvalue weighted by atomic mass is 19.2. The number of esters is 1. The number of ether oxygens (including phenoxy) is 1. The average molecular weight is 377 g/mol. The van der Waals surface area contributed by atoms with E-state index in [1.807, 2.05) is 0 Å². The van der Waals surface area contributed by atoms with Crippen LogP contribution in [-0.4, -0.2) is 29.0 Å². The topological polar surface area (TPSA) is 92.7 Å². The van der Waals surface area contributed by atoms with E-state index >= 15 is 0 Å². The van der Waals surface area contributed by atoms with Gasteiger partial charge < -0.3 is 15.2 Å². The van der Waals surface area contributed by atoms with Crippen LogP contribution >= 0.6 is 0 Å². The zero-order valence-corrected chi connectivity index (χ0v) is 14.2. The minimum Gasteiger partial charge on any atom is -0.480 e. The molecule has 2 N–H and O–H groups in total. The van der Waals surface area contributed by atoms with Gasteiger partial charge in [-0.15, -0.1) is 0 Å². The quantitative estimate of drug-likeness (QED) is 0.688. The van der Waals surface area contributed by atoms with Crippen molar-refractivity contribution in [3.05, 3.63) is 71.3 Å². The average Bonchev–Trinajstić information content (AvgIpc) is 2.63. The normalized spacial score (nSPS) is 11.5. The summed E-state index contributed by atoms with van der Waals surface area (Å²) in [6.45, 7) is -0.0190. The van der Waals surface area contributed by atoms with Gasteiger partial charge in [-0.25, -0.2) is 13.6 Å². The van der Waals surface area contributed by atoms with Gasteiger partial charge >= 0.3 is 11.9 Å². The molecular formula is C19H17F2NO5. The van der Waals surface area contributed by atoms with Gasteiger partial charge in [0.15, 0.2) is 11.6 Å². The van der Waals surface area contributed by atoms with Gasteiger partial charge in [-0.3, -0.25) is 9.59 Å². The Labute approximate surface area is 153 Å². The van der Waals surface area contributed by atoms with Gasteiger partial charge in [-0.05, 0) is 23.3 Å². The van der Waals surface area contributed by atoms with Gasteiger partial charge in [0, 0.05) is 0 Å². The first-order valence-corrected chi connectivity index (χ1v) is 8.01. The summed E-state index contributed by atoms with van der Waals surface area (Å²) in [5, 5.41) is 11.3. The van der Waals surface area contributed by atoms with Gasteiger partial charge in [-0.1, -0.05) is 36.4 Å². The van der Waals surface area contributed by atoms with Crippen LogP contribution in [0.4, 0.5) is 8.78 Å². The minimum atomic E-state index is -1.49. The first-order chi connectivity index (χ1) is 12.8. The molecule has 0 unspecified atom stereocenters. The standard InChI is InChI=1S/C19H17F2NO5/c20-14-7-6-13(8-15(14)21)9-17(23)22-16(19(25)26)10-18(24)27-11-12-4-2-1-3-5-12/h1-8,16H,9-11H2,(H,22,23)(H,25,26)/t16-/m1/s1. The van der Waals surface area contributed by atoms with E-state index in [-0.39, 0.29) is 18.6 Å². The van der Waals surface area contributed by atoms with Crippen molar-refractivity contribution in [3.63, 3.8) is 0 Å². The molecule has 0 aliphatic carbocycles. The Hall–Kier alpha value is -3.29. The molecule has 2 aromatic rings. The van der Waals surface area contributed by atoms with E-state index in [1.54, 1.807) is 30.3 Å². The lowest BCUT2D eigenvalue weighted by Gasteiger charge is -2.14. The highest BCUT2D eigenvalue weighted by Gasteiger charge is 2.24. The van der Waals surface area contributed by atoms with E-state index in [0.717, 1.165) is 17.7 Å². The highest BCUT2D eigenvalue weighted by molar-refractivity contribution is 5.88. The van der Waals surface area contributed by atoms with Crippen LogP contribution < -0.4 is 5.32 Å². The molecular weight excluding hydrogens is 360 g/mol. The summed E-state index contributed by atoms with van der Waals surface area (Å²) in [5.41, 5.74) is 0.905. The number of carboxylic acid groups (broad SMARTS) is 1. The van der Waals surface area contributed by atoms with Crippen LogP contribution in [0.3, 0.4) is 0 Å². The van der Waals surface area contributed by atoms with E-state index in [9.17, 15) is 28.3 Å². The Bertz CT molecular complexity index is 826. The third kappa shape index (κ3) is 6.50. The number of hydrogen-bond donors (Lipinski definition) is 2. The molecule has 27 heavy (non-hydrogen) atoms. The molecule has 1 amide bonds. The van der Waals surface area contributed by atoms with E-state index < -0.39 is 41.9 Å². The fourth-order valence-corrected chi connectivity index (χ4v) is 2.24. The molecule has 0 aromatic heterocycles. The smallest absolute Gasteiger partial charge is 0.326 e. The van der Waals surface area contributed by atoms with Crippen LogP contribution in [0.15, 0.2) is 48.5 Å². The molecule has 0 spiro atoms. The van der Waals surface area contributed by atoms with Crippen molar-refractivity contribution in [1.82, 2.24) is 5.32 Å². The van der Waals surface area contributed by atoms with Gasteiger partial charge in [0.1, 0.15) is 12.6 Å². The Morgan fingerprint density at radius 2 is 1.70 bits per heavy atom. The number of carboxylic acids is 1. The van der Waals surface area contributed by atoms with Gasteiger partial charge in [-0.2, -0.15) is 0 Å². The minimum absolute atomic E-state index is 0.0190. The van der Waals surface area contributed by atoms with Crippen molar-refractivity contribution >= 4 is 17.8 Å². The zero-order valence-electron chi connectivity index (χ0n) is 14.2. The highest BCUT2D eigenvalue weighted by Crippen LogP contribution is 2.10. The largest absolute Gasteiger partial charge is 0.480 e. The van der Waals surface area contributed by atoms with Crippen LogP contribution in [0, 0.1) is 11.6 Å². The lowest BCUT2D eigenvalue weighted by molar-refractivity contribution is -0.151. The van der Waals surface area contributed by atoms with E-state index in [1.165, 1.54) is 6.07 Å². The third-order valence-electron chi connectivity index (χ3n) is 3.60. The molecule has 0 radical (unpaired) electrons. The van der Waals surface area contributed by atoms with Crippen molar-refractivity contribution in [2.24, 2.45) is 0 Å². The van der Waals surface area contributed by atoms with Crippen LogP contribution in [0.25, 0.3) is 0 Å². The first-order valence-electron chi connectivity index (χ1n) is 8.01. The molecule has 8 heteroatoms. The number of amides is 1. The Kier molecular flexibility index (Phi) is 6.99. The molecule has 0 heterocycles. The van der Waals surface area contributed by atoms with Crippen LogP contribution in [0.5, 0.6) is 0 Å². The van der Waals surface area contributed by atoms with Crippen molar-refractivity contribution in [1.29, 1.82) is 0 Å². The number of rotatable bonds is 8. The molecule has 142 valence electrons. The third-order valence-corrected chi connectivity index (χ3v) is 3.60. The van der Waals surface area contributed by atoms with Gasteiger partial charge in [0.25, 0.3) is 0 Å². The number of benzene rings is 2. The summed E-state index contributed by atoms with van der Waals surface area (Å²) in [6, 6.07) is 10.2. The molecule has 6 nitrogen and oxygen atoms in total.